The maximum absolute atomic E-state index is 13.4. The van der Waals surface area contributed by atoms with Gasteiger partial charge >= 0.3 is 12.3 Å². The van der Waals surface area contributed by atoms with E-state index in [2.05, 4.69) is 15.3 Å². The fraction of sp³-hybridized carbons (Fsp3) is 0.429. The Balaban J connectivity index is 1.44. The molecule has 1 atom stereocenters. The van der Waals surface area contributed by atoms with E-state index in [1.807, 2.05) is 0 Å². The predicted molar refractivity (Wildman–Crippen MR) is 111 cm³/mol. The molecule has 2 saturated heterocycles. The summed E-state index contributed by atoms with van der Waals surface area (Å²) in [5.41, 5.74) is -2.74. The van der Waals surface area contributed by atoms with Gasteiger partial charge in [-0.05, 0) is 18.6 Å². The first-order chi connectivity index (χ1) is 16.4. The first kappa shape index (κ1) is 24.4. The van der Waals surface area contributed by atoms with Crippen LogP contribution in [-0.2, 0) is 11.0 Å². The molecule has 2 aromatic rings. The van der Waals surface area contributed by atoms with Crippen molar-refractivity contribution in [1.82, 2.24) is 20.2 Å². The number of nitrogens with one attached hydrogen (secondary N) is 1. The molecule has 14 heteroatoms. The van der Waals surface area contributed by atoms with Gasteiger partial charge in [0.1, 0.15) is 17.2 Å². The number of nitrogens with zero attached hydrogens (tertiary/aromatic N) is 4. The van der Waals surface area contributed by atoms with Crippen LogP contribution < -0.4 is 15.0 Å². The zero-order chi connectivity index (χ0) is 25.4. The van der Waals surface area contributed by atoms with E-state index in [4.69, 9.17) is 9.84 Å². The molecule has 1 unspecified atom stereocenters. The second kappa shape index (κ2) is 9.17. The van der Waals surface area contributed by atoms with Gasteiger partial charge in [-0.1, -0.05) is 6.07 Å². The van der Waals surface area contributed by atoms with Crippen LogP contribution in [0.2, 0.25) is 0 Å². The molecule has 2 aliphatic heterocycles. The number of carbonyl (C=O) groups is 2. The molecule has 10 nitrogen and oxygen atoms in total. The number of carboxylic acid groups (broad SMARTS) is 1. The van der Waals surface area contributed by atoms with E-state index < -0.39 is 47.1 Å². The van der Waals surface area contributed by atoms with Crippen molar-refractivity contribution in [2.75, 3.05) is 37.6 Å². The second-order valence-corrected chi connectivity index (χ2v) is 8.45. The summed E-state index contributed by atoms with van der Waals surface area (Å²) in [6.45, 7) is -0.142. The summed E-state index contributed by atoms with van der Waals surface area (Å²) >= 11 is 0. The van der Waals surface area contributed by atoms with Gasteiger partial charge in [-0.25, -0.2) is 14.2 Å². The quantitative estimate of drug-likeness (QED) is 0.516. The number of hydrogen-bond donors (Lipinski definition) is 3. The summed E-state index contributed by atoms with van der Waals surface area (Å²) in [6, 6.07) is 5.42. The maximum atomic E-state index is 13.4. The zero-order valence-corrected chi connectivity index (χ0v) is 18.1. The standard InChI is InChI=1S/C21H21F4N5O5/c22-13-2-1-3-14(6-13)35-16-7-15(21(23,24)25)27-18(28-16)29-5-4-20(34,11-29)10-26-17(31)12-8-30(9-12)19(32)33/h1-3,6-7,12,34H,4-5,8-11H2,(H,26,31)(H,32,33). The van der Waals surface area contributed by atoms with Crippen LogP contribution in [0.4, 0.5) is 28.3 Å². The van der Waals surface area contributed by atoms with Gasteiger partial charge in [-0.15, -0.1) is 0 Å². The first-order valence-corrected chi connectivity index (χ1v) is 10.5. The molecule has 188 valence electrons. The summed E-state index contributed by atoms with van der Waals surface area (Å²) in [6.07, 6.45) is -5.83. The predicted octanol–water partition coefficient (Wildman–Crippen LogP) is 2.09. The molecule has 0 bridgehead atoms. The molecule has 3 N–H and O–H groups in total. The molecule has 0 spiro atoms. The highest BCUT2D eigenvalue weighted by molar-refractivity contribution is 5.82. The van der Waals surface area contributed by atoms with Gasteiger partial charge in [0.25, 0.3) is 0 Å². The van der Waals surface area contributed by atoms with Crippen LogP contribution in [0.5, 0.6) is 11.6 Å². The van der Waals surface area contributed by atoms with Gasteiger partial charge in [0.05, 0.1) is 12.5 Å². The largest absolute Gasteiger partial charge is 0.465 e. The number of anilines is 1. The zero-order valence-electron chi connectivity index (χ0n) is 18.1. The highest BCUT2D eigenvalue weighted by atomic mass is 19.4. The lowest BCUT2D eigenvalue weighted by Crippen LogP contribution is -2.57. The number of benzene rings is 1. The van der Waals surface area contributed by atoms with Crippen molar-refractivity contribution in [3.05, 3.63) is 41.8 Å². The minimum atomic E-state index is -4.81. The minimum Gasteiger partial charge on any atom is -0.465 e. The second-order valence-electron chi connectivity index (χ2n) is 8.45. The monoisotopic (exact) mass is 499 g/mol. The number of hydrogen-bond acceptors (Lipinski definition) is 7. The Bertz CT molecular complexity index is 1130. The Labute approximate surface area is 196 Å². The van der Waals surface area contributed by atoms with Crippen molar-refractivity contribution in [3.63, 3.8) is 0 Å². The van der Waals surface area contributed by atoms with Crippen molar-refractivity contribution in [3.8, 4) is 11.6 Å². The fourth-order valence-electron chi connectivity index (χ4n) is 3.77. The van der Waals surface area contributed by atoms with Gasteiger partial charge in [0.15, 0.2) is 5.69 Å². The van der Waals surface area contributed by atoms with Crippen molar-refractivity contribution < 1.29 is 42.1 Å². The molecule has 2 amide bonds. The lowest BCUT2D eigenvalue weighted by atomic mass is 9.98. The molecule has 35 heavy (non-hydrogen) atoms. The molecule has 1 aromatic carbocycles. The van der Waals surface area contributed by atoms with Crippen LogP contribution in [0.1, 0.15) is 12.1 Å². The molecule has 0 saturated carbocycles. The first-order valence-electron chi connectivity index (χ1n) is 10.5. The van der Waals surface area contributed by atoms with Gasteiger partial charge in [-0.3, -0.25) is 4.79 Å². The molecule has 2 aliphatic rings. The van der Waals surface area contributed by atoms with E-state index in [1.165, 1.54) is 17.0 Å². The molecule has 0 aliphatic carbocycles. The average Bonchev–Trinajstić information content (AvgIpc) is 3.13. The van der Waals surface area contributed by atoms with Gasteiger partial charge in [0.2, 0.25) is 17.7 Å². The highest BCUT2D eigenvalue weighted by Gasteiger charge is 2.41. The number of halogens is 4. The molecule has 1 aromatic heterocycles. The number of aliphatic hydroxyl groups is 1. The number of likely N-dealkylation sites (tertiary alicyclic amines) is 1. The summed E-state index contributed by atoms with van der Waals surface area (Å²) < 4.78 is 59.0. The summed E-state index contributed by atoms with van der Waals surface area (Å²) in [5.74, 6) is -2.44. The number of rotatable bonds is 6. The molecular formula is C21H21F4N5O5. The Hall–Kier alpha value is -3.68. The number of alkyl halides is 3. The number of aromatic nitrogens is 2. The van der Waals surface area contributed by atoms with E-state index >= 15 is 0 Å². The highest BCUT2D eigenvalue weighted by Crippen LogP contribution is 2.34. The summed E-state index contributed by atoms with van der Waals surface area (Å²) in [5, 5.41) is 22.2. The number of amides is 2. The number of ether oxygens (including phenoxy) is 1. The van der Waals surface area contributed by atoms with E-state index in [0.29, 0.717) is 6.07 Å². The van der Waals surface area contributed by atoms with Crippen molar-refractivity contribution in [2.24, 2.45) is 5.92 Å². The normalized spacial score (nSPS) is 20.5. The Morgan fingerprint density at radius 2 is 1.97 bits per heavy atom. The average molecular weight is 499 g/mol. The van der Waals surface area contributed by atoms with Gasteiger partial charge in [-0.2, -0.15) is 18.2 Å². The van der Waals surface area contributed by atoms with Crippen LogP contribution in [0.3, 0.4) is 0 Å². The van der Waals surface area contributed by atoms with Gasteiger partial charge in [0, 0.05) is 38.3 Å². The van der Waals surface area contributed by atoms with Crippen molar-refractivity contribution >= 4 is 17.9 Å². The lowest BCUT2D eigenvalue weighted by molar-refractivity contribution is -0.141. The van der Waals surface area contributed by atoms with E-state index in [-0.39, 0.29) is 50.8 Å². The Morgan fingerprint density at radius 1 is 1.23 bits per heavy atom. The third-order valence-corrected chi connectivity index (χ3v) is 5.73. The van der Waals surface area contributed by atoms with Gasteiger partial charge < -0.3 is 30.1 Å². The smallest absolute Gasteiger partial charge is 0.433 e. The van der Waals surface area contributed by atoms with Crippen LogP contribution in [0.25, 0.3) is 0 Å². The van der Waals surface area contributed by atoms with E-state index in [0.717, 1.165) is 17.0 Å². The Morgan fingerprint density at radius 3 is 2.63 bits per heavy atom. The summed E-state index contributed by atoms with van der Waals surface area (Å²) in [4.78, 5) is 33.0. The van der Waals surface area contributed by atoms with Crippen LogP contribution >= 0.6 is 0 Å². The summed E-state index contributed by atoms with van der Waals surface area (Å²) in [7, 11) is 0. The van der Waals surface area contributed by atoms with Crippen LogP contribution in [0, 0.1) is 11.7 Å². The fourth-order valence-corrected chi connectivity index (χ4v) is 3.77. The van der Waals surface area contributed by atoms with Crippen LogP contribution in [0.15, 0.2) is 30.3 Å². The van der Waals surface area contributed by atoms with E-state index in [1.54, 1.807) is 0 Å². The minimum absolute atomic E-state index is 0.0535. The third-order valence-electron chi connectivity index (χ3n) is 5.73. The molecule has 4 rings (SSSR count). The Kier molecular flexibility index (Phi) is 6.40. The van der Waals surface area contributed by atoms with Crippen LogP contribution in [-0.4, -0.2) is 75.4 Å². The molecular weight excluding hydrogens is 478 g/mol. The molecule has 0 radical (unpaired) electrons. The van der Waals surface area contributed by atoms with Crippen molar-refractivity contribution in [2.45, 2.75) is 18.2 Å². The SMILES string of the molecule is O=C(NCC1(O)CCN(c2nc(Oc3cccc(F)c3)cc(C(F)(F)F)n2)C1)C1CN(C(=O)O)C1. The maximum Gasteiger partial charge on any atom is 0.433 e. The third kappa shape index (κ3) is 5.70. The molecule has 3 heterocycles. The number of carbonyl (C=O) groups excluding carboxylic acids is 1. The topological polar surface area (TPSA) is 128 Å². The number of β-amino-alcohol motifs (C(OH)–C–C–N with tert-alkyl or cyclic N) is 1. The van der Waals surface area contributed by atoms with E-state index in [9.17, 15) is 32.3 Å². The molecule has 2 fully saturated rings. The lowest BCUT2D eigenvalue weighted by Gasteiger charge is -2.36. The van der Waals surface area contributed by atoms with Crippen molar-refractivity contribution in [1.29, 1.82) is 0 Å².